The second-order valence-corrected chi connectivity index (χ2v) is 21.5. The number of hydrogen-bond donors (Lipinski definition) is 7. The zero-order chi connectivity index (χ0) is 53.0. The number of carbonyl (C=O) groups excluding carboxylic acids is 1. The maximum Gasteiger partial charge on any atom is 0.306 e. The fourth-order valence-corrected chi connectivity index (χ4v) is 9.87. The Morgan fingerprint density at radius 1 is 0.438 bits per heavy atom. The number of ether oxygens (including phenoxy) is 6. The first-order valence-corrected chi connectivity index (χ1v) is 30.3. The van der Waals surface area contributed by atoms with Crippen molar-refractivity contribution in [3.63, 3.8) is 0 Å². The Hall–Kier alpha value is -1.27. The molecule has 11 atom stereocenters. The van der Waals surface area contributed by atoms with Crippen LogP contribution in [0.15, 0.2) is 12.2 Å². The average Bonchev–Trinajstić information content (AvgIpc) is 3.39. The van der Waals surface area contributed by atoms with Crippen LogP contribution < -0.4 is 0 Å². The minimum atomic E-state index is -1.70. The van der Waals surface area contributed by atoms with E-state index in [2.05, 4.69) is 26.0 Å². The summed E-state index contributed by atoms with van der Waals surface area (Å²) in [5, 5.41) is 72.3. The lowest BCUT2D eigenvalue weighted by Crippen LogP contribution is -2.61. The summed E-state index contributed by atoms with van der Waals surface area (Å²) in [5.74, 6) is -0.379. The second-order valence-electron chi connectivity index (χ2n) is 21.5. The van der Waals surface area contributed by atoms with Crippen LogP contribution in [0.5, 0.6) is 0 Å². The molecule has 0 aromatic heterocycles. The van der Waals surface area contributed by atoms with Crippen molar-refractivity contribution in [1.82, 2.24) is 0 Å². The van der Waals surface area contributed by atoms with E-state index < -0.39 is 80.7 Å². The Morgan fingerprint density at radius 2 is 0.808 bits per heavy atom. The standard InChI is InChI=1S/C59H112O14/c1-3-5-7-9-11-13-15-17-19-20-21-22-23-24-25-26-27-28-29-31-33-35-37-39-41-43-68-45-48(71-51(61)42-40-38-36-34-32-30-18-16-14-12-10-8-6-4-2)46-69-58-57(67)55(65)53(63)50(73-58)47-70-59-56(66)54(64)52(62)49(44-60)72-59/h16,18,48-50,52-60,62-67H,3-15,17,19-47H2,1-2H3/b18-16-. The highest BCUT2D eigenvalue weighted by Gasteiger charge is 2.47. The maximum atomic E-state index is 13.0. The summed E-state index contributed by atoms with van der Waals surface area (Å²) < 4.78 is 34.4. The lowest BCUT2D eigenvalue weighted by atomic mass is 9.98. The molecule has 0 spiro atoms. The predicted octanol–water partition coefficient (Wildman–Crippen LogP) is 11.0. The van der Waals surface area contributed by atoms with Crippen molar-refractivity contribution in [3.8, 4) is 0 Å². The zero-order valence-electron chi connectivity index (χ0n) is 46.4. The van der Waals surface area contributed by atoms with E-state index in [0.29, 0.717) is 13.0 Å². The van der Waals surface area contributed by atoms with E-state index in [1.807, 2.05) is 0 Å². The van der Waals surface area contributed by atoms with Crippen LogP contribution in [0.4, 0.5) is 0 Å². The molecule has 11 unspecified atom stereocenters. The van der Waals surface area contributed by atoms with Crippen molar-refractivity contribution in [1.29, 1.82) is 0 Å². The molecule has 0 aromatic carbocycles. The van der Waals surface area contributed by atoms with Gasteiger partial charge in [0.15, 0.2) is 12.6 Å². The first-order chi connectivity index (χ1) is 35.6. The van der Waals surface area contributed by atoms with Crippen molar-refractivity contribution in [2.24, 2.45) is 0 Å². The largest absolute Gasteiger partial charge is 0.457 e. The van der Waals surface area contributed by atoms with Crippen LogP contribution in [0.3, 0.4) is 0 Å². The fourth-order valence-electron chi connectivity index (χ4n) is 9.87. The second kappa shape index (κ2) is 46.8. The van der Waals surface area contributed by atoms with Gasteiger partial charge in [0.1, 0.15) is 54.9 Å². The van der Waals surface area contributed by atoms with E-state index in [4.69, 9.17) is 28.4 Å². The first kappa shape index (κ1) is 67.8. The van der Waals surface area contributed by atoms with Gasteiger partial charge in [0.25, 0.3) is 0 Å². The van der Waals surface area contributed by atoms with Gasteiger partial charge < -0.3 is 64.2 Å². The molecule has 432 valence electrons. The van der Waals surface area contributed by atoms with Gasteiger partial charge in [-0.3, -0.25) is 4.79 Å². The van der Waals surface area contributed by atoms with Crippen LogP contribution in [0, 0.1) is 0 Å². The van der Waals surface area contributed by atoms with Crippen LogP contribution in [-0.2, 0) is 33.2 Å². The maximum absolute atomic E-state index is 13.0. The van der Waals surface area contributed by atoms with Crippen LogP contribution in [-0.4, -0.2) is 142 Å². The normalized spacial score (nSPS) is 24.9. The van der Waals surface area contributed by atoms with Crippen LogP contribution >= 0.6 is 0 Å². The summed E-state index contributed by atoms with van der Waals surface area (Å²) in [7, 11) is 0. The molecule has 2 aliphatic heterocycles. The Kier molecular flexibility index (Phi) is 43.5. The molecule has 2 saturated heterocycles. The van der Waals surface area contributed by atoms with Crippen LogP contribution in [0.2, 0.25) is 0 Å². The van der Waals surface area contributed by atoms with Gasteiger partial charge >= 0.3 is 5.97 Å². The van der Waals surface area contributed by atoms with E-state index in [-0.39, 0.29) is 25.6 Å². The lowest BCUT2D eigenvalue weighted by Gasteiger charge is -2.42. The number of aliphatic hydroxyl groups is 7. The van der Waals surface area contributed by atoms with Gasteiger partial charge in [-0.1, -0.05) is 225 Å². The highest BCUT2D eigenvalue weighted by Crippen LogP contribution is 2.27. The molecular formula is C59H112O14. The summed E-state index contributed by atoms with van der Waals surface area (Å²) in [6.07, 6.45) is 35.7. The summed E-state index contributed by atoms with van der Waals surface area (Å²) in [4.78, 5) is 13.0. The van der Waals surface area contributed by atoms with E-state index in [9.17, 15) is 40.5 Å². The molecule has 2 aliphatic rings. The van der Waals surface area contributed by atoms with Crippen molar-refractivity contribution < 1.29 is 69.0 Å². The molecule has 0 bridgehead atoms. The van der Waals surface area contributed by atoms with E-state index in [1.54, 1.807) is 0 Å². The van der Waals surface area contributed by atoms with Gasteiger partial charge in [-0.2, -0.15) is 0 Å². The summed E-state index contributed by atoms with van der Waals surface area (Å²) in [6.45, 7) is 3.73. The molecule has 2 heterocycles. The fraction of sp³-hybridized carbons (Fsp3) is 0.949. The van der Waals surface area contributed by atoms with E-state index in [0.717, 1.165) is 57.8 Å². The number of rotatable bonds is 50. The number of esters is 1. The molecule has 14 nitrogen and oxygen atoms in total. The first-order valence-electron chi connectivity index (χ1n) is 30.3. The number of hydrogen-bond acceptors (Lipinski definition) is 14. The molecule has 0 radical (unpaired) electrons. The monoisotopic (exact) mass is 1040 g/mol. The highest BCUT2D eigenvalue weighted by molar-refractivity contribution is 5.69. The van der Waals surface area contributed by atoms with Crippen LogP contribution in [0.1, 0.15) is 258 Å². The predicted molar refractivity (Wildman–Crippen MR) is 289 cm³/mol. The number of allylic oxidation sites excluding steroid dienone is 2. The lowest BCUT2D eigenvalue weighted by molar-refractivity contribution is -0.332. The number of carbonyl (C=O) groups is 1. The molecule has 2 rings (SSSR count). The summed E-state index contributed by atoms with van der Waals surface area (Å²) in [5.41, 5.74) is 0. The minimum absolute atomic E-state index is 0.0645. The van der Waals surface area contributed by atoms with Crippen molar-refractivity contribution >= 4 is 5.97 Å². The number of aliphatic hydroxyl groups excluding tert-OH is 7. The van der Waals surface area contributed by atoms with Crippen molar-refractivity contribution in [3.05, 3.63) is 12.2 Å². The molecule has 0 saturated carbocycles. The molecule has 0 aliphatic carbocycles. The summed E-state index contributed by atoms with van der Waals surface area (Å²) in [6, 6.07) is 0. The van der Waals surface area contributed by atoms with Gasteiger partial charge in [-0.15, -0.1) is 0 Å². The van der Waals surface area contributed by atoms with E-state index in [1.165, 1.54) is 173 Å². The molecule has 73 heavy (non-hydrogen) atoms. The highest BCUT2D eigenvalue weighted by atomic mass is 16.7. The van der Waals surface area contributed by atoms with Gasteiger partial charge in [0.2, 0.25) is 0 Å². The van der Waals surface area contributed by atoms with Gasteiger partial charge in [0, 0.05) is 13.0 Å². The smallest absolute Gasteiger partial charge is 0.306 e. The molecule has 2 fully saturated rings. The number of unbranched alkanes of at least 4 members (excludes halogenated alkanes) is 34. The molecule has 0 aromatic rings. The molecular weight excluding hydrogens is 933 g/mol. The quantitative estimate of drug-likeness (QED) is 0.0172. The molecule has 7 N–H and O–H groups in total. The third-order valence-corrected chi connectivity index (χ3v) is 14.8. The topological polar surface area (TPSA) is 214 Å². The van der Waals surface area contributed by atoms with Crippen LogP contribution in [0.25, 0.3) is 0 Å². The SMILES string of the molecule is CCCCCCC/C=C\CCCCCCCC(=O)OC(COCCCCCCCCCCCCCCCCCCCCCCCCCCC)COC1OC(COC2OC(CO)C(O)C(O)C2O)C(O)C(O)C1O. The minimum Gasteiger partial charge on any atom is -0.457 e. The van der Waals surface area contributed by atoms with E-state index >= 15 is 0 Å². The average molecular weight is 1050 g/mol. The Balaban J connectivity index is 1.66. The summed E-state index contributed by atoms with van der Waals surface area (Å²) >= 11 is 0. The van der Waals surface area contributed by atoms with Crippen molar-refractivity contribution in [2.45, 2.75) is 325 Å². The van der Waals surface area contributed by atoms with Gasteiger partial charge in [-0.05, 0) is 38.5 Å². The Bertz CT molecular complexity index is 1260. The third kappa shape index (κ3) is 33.6. The Labute approximate surface area is 444 Å². The van der Waals surface area contributed by atoms with Gasteiger partial charge in [0.05, 0.1) is 26.4 Å². The van der Waals surface area contributed by atoms with Crippen molar-refractivity contribution in [2.75, 3.05) is 33.0 Å². The molecule has 0 amide bonds. The zero-order valence-corrected chi connectivity index (χ0v) is 46.4. The van der Waals surface area contributed by atoms with Gasteiger partial charge in [-0.25, -0.2) is 0 Å². The third-order valence-electron chi connectivity index (χ3n) is 14.8. The Morgan fingerprint density at radius 3 is 1.25 bits per heavy atom. The molecule has 14 heteroatoms.